The average Bonchev–Trinajstić information content (AvgIpc) is 2.62. The fourth-order valence-corrected chi connectivity index (χ4v) is 4.96. The van der Waals surface area contributed by atoms with Crippen LogP contribution in [0, 0.1) is 5.92 Å². The van der Waals surface area contributed by atoms with Gasteiger partial charge in [0.2, 0.25) is 10.0 Å². The van der Waals surface area contributed by atoms with Crippen LogP contribution >= 0.6 is 11.6 Å². The highest BCUT2D eigenvalue weighted by Crippen LogP contribution is 2.25. The van der Waals surface area contributed by atoms with E-state index in [9.17, 15) is 13.2 Å². The van der Waals surface area contributed by atoms with Gasteiger partial charge in [-0.05, 0) is 30.5 Å². The monoisotopic (exact) mass is 377 g/mol. The maximum atomic E-state index is 12.7. The van der Waals surface area contributed by atoms with Crippen LogP contribution in [0.5, 0.6) is 0 Å². The predicted molar refractivity (Wildman–Crippen MR) is 99.1 cm³/mol. The van der Waals surface area contributed by atoms with Gasteiger partial charge in [0, 0.05) is 29.6 Å². The molecule has 0 spiro atoms. The molecule has 0 aliphatic carbocycles. The first-order chi connectivity index (χ1) is 12.0. The largest absolute Gasteiger partial charge is 0.294 e. The number of rotatable bonds is 5. The van der Waals surface area contributed by atoms with Crippen LogP contribution in [0.1, 0.15) is 28.8 Å². The van der Waals surface area contributed by atoms with E-state index in [1.54, 1.807) is 36.4 Å². The smallest absolute Gasteiger partial charge is 0.218 e. The number of carbonyl (C=O) groups is 1. The fraction of sp³-hybridized carbons (Fsp3) is 0.316. The summed E-state index contributed by atoms with van der Waals surface area (Å²) in [6.45, 7) is 0.703. The Kier molecular flexibility index (Phi) is 5.57. The van der Waals surface area contributed by atoms with E-state index in [2.05, 4.69) is 0 Å². The molecule has 1 aliphatic rings. The Labute approximate surface area is 153 Å². The third-order valence-electron chi connectivity index (χ3n) is 4.45. The van der Waals surface area contributed by atoms with E-state index in [0.717, 1.165) is 5.56 Å². The maximum absolute atomic E-state index is 12.7. The SMILES string of the molecule is O=C(c1cccc(Cl)c1)[C@H]1CCCN(S(=O)(=O)Cc2ccccc2)C1. The van der Waals surface area contributed by atoms with E-state index in [1.807, 2.05) is 18.2 Å². The Hall–Kier alpha value is -1.69. The lowest BCUT2D eigenvalue weighted by molar-refractivity contribution is 0.0872. The molecule has 1 atom stereocenters. The molecular weight excluding hydrogens is 358 g/mol. The van der Waals surface area contributed by atoms with E-state index in [0.29, 0.717) is 30.0 Å². The van der Waals surface area contributed by atoms with Crippen molar-refractivity contribution in [3.8, 4) is 0 Å². The van der Waals surface area contributed by atoms with E-state index in [1.165, 1.54) is 4.31 Å². The molecule has 0 amide bonds. The lowest BCUT2D eigenvalue weighted by Crippen LogP contribution is -2.42. The minimum absolute atomic E-state index is 0.0358. The lowest BCUT2D eigenvalue weighted by atomic mass is 9.91. The highest BCUT2D eigenvalue weighted by molar-refractivity contribution is 7.88. The van der Waals surface area contributed by atoms with E-state index < -0.39 is 10.0 Å². The number of carbonyl (C=O) groups excluding carboxylic acids is 1. The number of ketones is 1. The van der Waals surface area contributed by atoms with Crippen molar-refractivity contribution in [1.82, 2.24) is 4.31 Å². The molecule has 4 nitrogen and oxygen atoms in total. The highest BCUT2D eigenvalue weighted by atomic mass is 35.5. The van der Waals surface area contributed by atoms with Gasteiger partial charge in [-0.1, -0.05) is 54.1 Å². The van der Waals surface area contributed by atoms with Gasteiger partial charge in [-0.2, -0.15) is 0 Å². The van der Waals surface area contributed by atoms with Crippen molar-refractivity contribution in [2.75, 3.05) is 13.1 Å². The summed E-state index contributed by atoms with van der Waals surface area (Å²) in [4.78, 5) is 12.7. The van der Waals surface area contributed by atoms with Crippen LogP contribution in [0.15, 0.2) is 54.6 Å². The second-order valence-corrected chi connectivity index (χ2v) is 8.72. The zero-order valence-electron chi connectivity index (χ0n) is 13.8. The van der Waals surface area contributed by atoms with Gasteiger partial charge in [-0.25, -0.2) is 12.7 Å². The third-order valence-corrected chi connectivity index (χ3v) is 6.50. The second kappa shape index (κ2) is 7.68. The number of hydrogen-bond donors (Lipinski definition) is 0. The molecule has 0 saturated carbocycles. The molecule has 0 N–H and O–H groups in total. The Morgan fingerprint density at radius 1 is 1.12 bits per heavy atom. The number of hydrogen-bond acceptors (Lipinski definition) is 3. The summed E-state index contributed by atoms with van der Waals surface area (Å²) in [7, 11) is -3.44. The fourth-order valence-electron chi connectivity index (χ4n) is 3.16. The molecule has 0 radical (unpaired) electrons. The van der Waals surface area contributed by atoms with E-state index >= 15 is 0 Å². The second-order valence-electron chi connectivity index (χ2n) is 6.31. The van der Waals surface area contributed by atoms with E-state index in [4.69, 9.17) is 11.6 Å². The molecule has 1 aliphatic heterocycles. The Balaban J connectivity index is 1.73. The molecule has 1 saturated heterocycles. The molecule has 2 aromatic carbocycles. The first kappa shape index (κ1) is 18.1. The van der Waals surface area contributed by atoms with Crippen molar-refractivity contribution in [2.24, 2.45) is 5.92 Å². The molecule has 2 aromatic rings. The summed E-state index contributed by atoms with van der Waals surface area (Å²) in [6.07, 6.45) is 1.38. The van der Waals surface area contributed by atoms with Gasteiger partial charge < -0.3 is 0 Å². The zero-order chi connectivity index (χ0) is 17.9. The van der Waals surface area contributed by atoms with Crippen molar-refractivity contribution in [1.29, 1.82) is 0 Å². The Morgan fingerprint density at radius 2 is 1.88 bits per heavy atom. The molecule has 132 valence electrons. The van der Waals surface area contributed by atoms with Crippen LogP contribution in [0.4, 0.5) is 0 Å². The normalized spacial score (nSPS) is 18.8. The van der Waals surface area contributed by atoms with Crippen molar-refractivity contribution < 1.29 is 13.2 Å². The number of benzene rings is 2. The summed E-state index contributed by atoms with van der Waals surface area (Å²) < 4.78 is 26.9. The zero-order valence-corrected chi connectivity index (χ0v) is 15.3. The summed E-state index contributed by atoms with van der Waals surface area (Å²) in [5.41, 5.74) is 1.30. The molecule has 0 aromatic heterocycles. The predicted octanol–water partition coefficient (Wildman–Crippen LogP) is 3.76. The van der Waals surface area contributed by atoms with Gasteiger partial charge in [-0.3, -0.25) is 4.79 Å². The van der Waals surface area contributed by atoms with Gasteiger partial charge in [0.15, 0.2) is 5.78 Å². The Morgan fingerprint density at radius 3 is 2.60 bits per heavy atom. The van der Waals surface area contributed by atoms with E-state index in [-0.39, 0.29) is 24.0 Å². The first-order valence-electron chi connectivity index (χ1n) is 8.27. The van der Waals surface area contributed by atoms with Crippen LogP contribution in [0.3, 0.4) is 0 Å². The number of Topliss-reactive ketones (excluding diaryl/α,β-unsaturated/α-hetero) is 1. The quantitative estimate of drug-likeness (QED) is 0.745. The number of piperidine rings is 1. The number of sulfonamides is 1. The molecule has 3 rings (SSSR count). The lowest BCUT2D eigenvalue weighted by Gasteiger charge is -2.31. The topological polar surface area (TPSA) is 54.5 Å². The standard InChI is InChI=1S/C19H20ClNO3S/c20-18-10-4-8-16(12-18)19(22)17-9-5-11-21(13-17)25(23,24)14-15-6-2-1-3-7-15/h1-4,6-8,10,12,17H,5,9,11,13-14H2/t17-/m0/s1. The summed E-state index contributed by atoms with van der Waals surface area (Å²) in [6, 6.07) is 15.9. The molecule has 6 heteroatoms. The van der Waals surface area contributed by atoms with Crippen molar-refractivity contribution in [2.45, 2.75) is 18.6 Å². The summed E-state index contributed by atoms with van der Waals surface area (Å²) >= 11 is 5.96. The van der Waals surface area contributed by atoms with Gasteiger partial charge in [0.25, 0.3) is 0 Å². The highest BCUT2D eigenvalue weighted by Gasteiger charge is 2.32. The molecular formula is C19H20ClNO3S. The molecule has 1 heterocycles. The van der Waals surface area contributed by atoms with Crippen molar-refractivity contribution in [3.05, 3.63) is 70.7 Å². The van der Waals surface area contributed by atoms with Gasteiger partial charge >= 0.3 is 0 Å². The number of nitrogens with zero attached hydrogens (tertiary/aromatic N) is 1. The molecule has 25 heavy (non-hydrogen) atoms. The summed E-state index contributed by atoms with van der Waals surface area (Å²) in [5, 5.41) is 0.509. The van der Waals surface area contributed by atoms with Crippen LogP contribution in [-0.4, -0.2) is 31.6 Å². The van der Waals surface area contributed by atoms with Crippen LogP contribution in [-0.2, 0) is 15.8 Å². The average molecular weight is 378 g/mol. The summed E-state index contributed by atoms with van der Waals surface area (Å²) in [5.74, 6) is -0.397. The van der Waals surface area contributed by atoms with Crippen LogP contribution in [0.25, 0.3) is 0 Å². The molecule has 0 unspecified atom stereocenters. The van der Waals surface area contributed by atoms with Gasteiger partial charge in [0.05, 0.1) is 5.75 Å². The minimum atomic E-state index is -3.44. The van der Waals surface area contributed by atoms with Crippen molar-refractivity contribution in [3.63, 3.8) is 0 Å². The van der Waals surface area contributed by atoms with Gasteiger partial charge in [-0.15, -0.1) is 0 Å². The molecule has 0 bridgehead atoms. The minimum Gasteiger partial charge on any atom is -0.294 e. The van der Waals surface area contributed by atoms with Crippen LogP contribution < -0.4 is 0 Å². The number of halogens is 1. The maximum Gasteiger partial charge on any atom is 0.218 e. The van der Waals surface area contributed by atoms with Gasteiger partial charge in [0.1, 0.15) is 0 Å². The van der Waals surface area contributed by atoms with Crippen LogP contribution in [0.2, 0.25) is 5.02 Å². The van der Waals surface area contributed by atoms with Crippen molar-refractivity contribution >= 4 is 27.4 Å². The first-order valence-corrected chi connectivity index (χ1v) is 10.3. The third kappa shape index (κ3) is 4.48. The Bertz CT molecular complexity index is 852. The molecule has 1 fully saturated rings.